The number of H-pyrrole nitrogens is 1. The van der Waals surface area contributed by atoms with Crippen molar-refractivity contribution in [1.29, 1.82) is 0 Å². The second-order valence-corrected chi connectivity index (χ2v) is 7.06. The molecule has 0 radical (unpaired) electrons. The predicted octanol–water partition coefficient (Wildman–Crippen LogP) is 3.04. The zero-order valence-electron chi connectivity index (χ0n) is 12.4. The summed E-state index contributed by atoms with van der Waals surface area (Å²) in [5.41, 5.74) is 1.62. The number of thiophene rings is 1. The Bertz CT molecular complexity index is 643. The van der Waals surface area contributed by atoms with Gasteiger partial charge in [-0.25, -0.2) is 0 Å². The van der Waals surface area contributed by atoms with Gasteiger partial charge in [0.05, 0.1) is 16.8 Å². The number of aromatic amines is 1. The molecule has 2 aromatic rings. The van der Waals surface area contributed by atoms with Crippen LogP contribution in [0, 0.1) is 0 Å². The lowest BCUT2D eigenvalue weighted by atomic mass is 9.94. The molecule has 2 N–H and O–H groups in total. The van der Waals surface area contributed by atoms with Gasteiger partial charge in [-0.3, -0.25) is 4.79 Å². The molecular weight excluding hydrogens is 300 g/mol. The molecule has 3 heterocycles. The van der Waals surface area contributed by atoms with Gasteiger partial charge in [-0.1, -0.05) is 6.42 Å². The smallest absolute Gasteiger partial charge is 0.267 e. The molecule has 22 heavy (non-hydrogen) atoms. The molecule has 6 heteroatoms. The lowest BCUT2D eigenvalue weighted by Crippen LogP contribution is -2.37. The summed E-state index contributed by atoms with van der Waals surface area (Å²) < 4.78 is 13.1. The standard InChI is InChI=1S/C16H20N2O3S/c19-15(13-8-14-12(18-13)4-7-22-14)17-9-11-10-20-16(21-11)5-2-1-3-6-16/h4,7-8,11,18H,1-3,5-6,9-10H2,(H,17,19)/t11-/m1/s1. The van der Waals surface area contributed by atoms with Crippen LogP contribution in [0.5, 0.6) is 0 Å². The predicted molar refractivity (Wildman–Crippen MR) is 85.1 cm³/mol. The van der Waals surface area contributed by atoms with Crippen LogP contribution in [-0.2, 0) is 9.47 Å². The van der Waals surface area contributed by atoms with E-state index in [0.29, 0.717) is 18.8 Å². The van der Waals surface area contributed by atoms with Gasteiger partial charge in [0.15, 0.2) is 5.79 Å². The zero-order valence-corrected chi connectivity index (χ0v) is 13.2. The molecule has 1 atom stereocenters. The van der Waals surface area contributed by atoms with Crippen molar-refractivity contribution < 1.29 is 14.3 Å². The Morgan fingerprint density at radius 2 is 2.27 bits per heavy atom. The summed E-state index contributed by atoms with van der Waals surface area (Å²) in [6.07, 6.45) is 5.50. The summed E-state index contributed by atoms with van der Waals surface area (Å²) in [4.78, 5) is 15.3. The Balaban J connectivity index is 1.33. The molecule has 1 amide bonds. The highest BCUT2D eigenvalue weighted by atomic mass is 32.1. The molecule has 118 valence electrons. The van der Waals surface area contributed by atoms with Gasteiger partial charge in [0.2, 0.25) is 0 Å². The average Bonchev–Trinajstić information content (AvgIpc) is 3.20. The number of hydrogen-bond acceptors (Lipinski definition) is 4. The number of hydrogen-bond donors (Lipinski definition) is 2. The first-order chi connectivity index (χ1) is 10.7. The van der Waals surface area contributed by atoms with Crippen molar-refractivity contribution >= 4 is 27.5 Å². The molecule has 0 bridgehead atoms. The number of carbonyl (C=O) groups excluding carboxylic acids is 1. The quantitative estimate of drug-likeness (QED) is 0.913. The van der Waals surface area contributed by atoms with E-state index >= 15 is 0 Å². The van der Waals surface area contributed by atoms with Crippen LogP contribution in [0.25, 0.3) is 10.2 Å². The third-order valence-electron chi connectivity index (χ3n) is 4.50. The summed E-state index contributed by atoms with van der Waals surface area (Å²) in [7, 11) is 0. The zero-order chi connectivity index (χ0) is 15.0. The van der Waals surface area contributed by atoms with Crippen LogP contribution in [-0.4, -0.2) is 35.9 Å². The summed E-state index contributed by atoms with van der Waals surface area (Å²) >= 11 is 1.63. The van der Waals surface area contributed by atoms with Crippen LogP contribution >= 0.6 is 11.3 Å². The third-order valence-corrected chi connectivity index (χ3v) is 5.37. The third kappa shape index (κ3) is 2.66. The van der Waals surface area contributed by atoms with E-state index in [9.17, 15) is 4.79 Å². The van der Waals surface area contributed by atoms with Gasteiger partial charge in [0, 0.05) is 19.4 Å². The van der Waals surface area contributed by atoms with Gasteiger partial charge in [0.25, 0.3) is 5.91 Å². The van der Waals surface area contributed by atoms with Crippen LogP contribution in [0.3, 0.4) is 0 Å². The van der Waals surface area contributed by atoms with E-state index < -0.39 is 0 Å². The Labute approximate surface area is 133 Å². The van der Waals surface area contributed by atoms with Gasteiger partial charge in [0.1, 0.15) is 11.8 Å². The number of rotatable bonds is 3. The molecule has 1 spiro atoms. The number of fused-ring (bicyclic) bond motifs is 1. The van der Waals surface area contributed by atoms with E-state index in [4.69, 9.17) is 9.47 Å². The molecule has 2 fully saturated rings. The number of amides is 1. The topological polar surface area (TPSA) is 63.4 Å². The number of carbonyl (C=O) groups is 1. The van der Waals surface area contributed by atoms with Crippen molar-refractivity contribution in [1.82, 2.24) is 10.3 Å². The minimum atomic E-state index is -0.372. The second kappa shape index (κ2) is 5.68. The fourth-order valence-corrected chi connectivity index (χ4v) is 4.12. The van der Waals surface area contributed by atoms with E-state index in [2.05, 4.69) is 10.3 Å². The first kappa shape index (κ1) is 14.2. The van der Waals surface area contributed by atoms with Crippen molar-refractivity contribution in [3.63, 3.8) is 0 Å². The molecule has 1 aliphatic carbocycles. The molecular formula is C16H20N2O3S. The molecule has 2 aliphatic rings. The highest BCUT2D eigenvalue weighted by molar-refractivity contribution is 7.17. The molecule has 0 aromatic carbocycles. The van der Waals surface area contributed by atoms with E-state index in [1.54, 1.807) is 11.3 Å². The van der Waals surface area contributed by atoms with Crippen LogP contribution in [0.4, 0.5) is 0 Å². The lowest BCUT2D eigenvalue weighted by Gasteiger charge is -2.31. The molecule has 1 aliphatic heterocycles. The van der Waals surface area contributed by atoms with Crippen molar-refractivity contribution in [2.45, 2.75) is 44.0 Å². The maximum Gasteiger partial charge on any atom is 0.267 e. The van der Waals surface area contributed by atoms with E-state index in [1.807, 2.05) is 17.5 Å². The Morgan fingerprint density at radius 3 is 3.09 bits per heavy atom. The van der Waals surface area contributed by atoms with Gasteiger partial charge in [-0.2, -0.15) is 0 Å². The second-order valence-electron chi connectivity index (χ2n) is 6.11. The molecule has 1 saturated carbocycles. The SMILES string of the molecule is O=C(NC[C@@H]1COC2(CCCCC2)O1)c1cc2sccc2[nH]1. The van der Waals surface area contributed by atoms with E-state index in [0.717, 1.165) is 35.9 Å². The monoisotopic (exact) mass is 320 g/mol. The molecule has 1 saturated heterocycles. The van der Waals surface area contributed by atoms with Crippen LogP contribution in [0.2, 0.25) is 0 Å². The normalized spacial score (nSPS) is 24.1. The van der Waals surface area contributed by atoms with Crippen LogP contribution in [0.1, 0.15) is 42.6 Å². The summed E-state index contributed by atoms with van der Waals surface area (Å²) in [6.45, 7) is 1.06. The first-order valence-electron chi connectivity index (χ1n) is 7.90. The average molecular weight is 320 g/mol. The fraction of sp³-hybridized carbons (Fsp3) is 0.562. The number of aromatic nitrogens is 1. The Hall–Kier alpha value is -1.37. The van der Waals surface area contributed by atoms with Gasteiger partial charge in [-0.15, -0.1) is 11.3 Å². The molecule has 2 aromatic heterocycles. The van der Waals surface area contributed by atoms with E-state index in [-0.39, 0.29) is 17.8 Å². The maximum atomic E-state index is 12.2. The van der Waals surface area contributed by atoms with Gasteiger partial charge < -0.3 is 19.8 Å². The number of nitrogens with one attached hydrogen (secondary N) is 2. The largest absolute Gasteiger partial charge is 0.350 e. The fourth-order valence-electron chi connectivity index (χ4n) is 3.34. The van der Waals surface area contributed by atoms with Crippen molar-refractivity contribution in [3.05, 3.63) is 23.2 Å². The van der Waals surface area contributed by atoms with Gasteiger partial charge in [-0.05, 0) is 30.4 Å². The number of ether oxygens (including phenoxy) is 2. The van der Waals surface area contributed by atoms with Crippen molar-refractivity contribution in [3.8, 4) is 0 Å². The summed E-state index contributed by atoms with van der Waals surface area (Å²) in [5.74, 6) is -0.459. The Kier molecular flexibility index (Phi) is 3.68. The minimum absolute atomic E-state index is 0.0434. The highest BCUT2D eigenvalue weighted by Crippen LogP contribution is 2.37. The highest BCUT2D eigenvalue weighted by Gasteiger charge is 2.42. The summed E-state index contributed by atoms with van der Waals surface area (Å²) in [6, 6.07) is 3.88. The summed E-state index contributed by atoms with van der Waals surface area (Å²) in [5, 5.41) is 4.95. The molecule has 0 unspecified atom stereocenters. The van der Waals surface area contributed by atoms with Crippen LogP contribution < -0.4 is 5.32 Å². The minimum Gasteiger partial charge on any atom is -0.350 e. The van der Waals surface area contributed by atoms with E-state index in [1.165, 1.54) is 6.42 Å². The van der Waals surface area contributed by atoms with Crippen molar-refractivity contribution in [2.24, 2.45) is 0 Å². The Morgan fingerprint density at radius 1 is 1.41 bits per heavy atom. The van der Waals surface area contributed by atoms with Crippen molar-refractivity contribution in [2.75, 3.05) is 13.2 Å². The molecule has 5 nitrogen and oxygen atoms in total. The molecule has 4 rings (SSSR count). The van der Waals surface area contributed by atoms with Crippen LogP contribution in [0.15, 0.2) is 17.5 Å². The van der Waals surface area contributed by atoms with Gasteiger partial charge >= 0.3 is 0 Å². The first-order valence-corrected chi connectivity index (χ1v) is 8.78. The lowest BCUT2D eigenvalue weighted by molar-refractivity contribution is -0.186. The maximum absolute atomic E-state index is 12.2.